The Morgan fingerprint density at radius 3 is 1.10 bits per heavy atom. The summed E-state index contributed by atoms with van der Waals surface area (Å²) in [5.74, 6) is 0.586. The van der Waals surface area contributed by atoms with Crippen LogP contribution in [0.5, 0.6) is 0 Å². The molecule has 3 heterocycles. The molecule has 0 aliphatic carbocycles. The van der Waals surface area contributed by atoms with Crippen LogP contribution < -0.4 is 0 Å². The highest BCUT2D eigenvalue weighted by Crippen LogP contribution is 2.45. The van der Waals surface area contributed by atoms with Gasteiger partial charge in [-0.3, -0.25) is 19.4 Å². The molecule has 7 aromatic rings. The number of carbonyl (C=O) groups is 2. The molecule has 288 valence electrons. The Morgan fingerprint density at radius 2 is 0.759 bits per heavy atom. The molecule has 0 atom stereocenters. The summed E-state index contributed by atoms with van der Waals surface area (Å²) in [5.41, 5.74) is 8.24. The average molecular weight is 760 g/mol. The van der Waals surface area contributed by atoms with E-state index in [4.69, 9.17) is 0 Å². The third kappa shape index (κ3) is 7.67. The van der Waals surface area contributed by atoms with Gasteiger partial charge in [-0.25, -0.2) is 0 Å². The number of Topliss-reactive ketones (excluding diaryl/α,β-unsaturated/α-hetero) is 2. The largest absolute Gasteiger partial charge is 0.362 e. The van der Waals surface area contributed by atoms with E-state index in [0.717, 1.165) is 24.4 Å². The summed E-state index contributed by atoms with van der Waals surface area (Å²) in [5, 5.41) is 0. The fourth-order valence-corrected chi connectivity index (χ4v) is 9.07. The number of benzene rings is 6. The lowest BCUT2D eigenvalue weighted by Gasteiger charge is -2.47. The van der Waals surface area contributed by atoms with Crippen LogP contribution in [0, 0.1) is 0 Å². The van der Waals surface area contributed by atoms with Gasteiger partial charge in [-0.1, -0.05) is 182 Å². The van der Waals surface area contributed by atoms with E-state index in [2.05, 4.69) is 197 Å². The van der Waals surface area contributed by atoms with Crippen molar-refractivity contribution in [1.82, 2.24) is 14.8 Å². The molecular formula is C53H49N3O2. The Bertz CT molecular complexity index is 2190. The minimum Gasteiger partial charge on any atom is -0.362 e. The Balaban J connectivity index is 0.000000165. The number of hydrogen-bond acceptors (Lipinski definition) is 4. The Labute approximate surface area is 342 Å². The molecule has 2 aliphatic rings. The lowest BCUT2D eigenvalue weighted by molar-refractivity contribution is -0.122. The topological polar surface area (TPSA) is 56.4 Å². The second-order valence-corrected chi connectivity index (χ2v) is 15.0. The Morgan fingerprint density at radius 1 is 0.414 bits per heavy atom. The molecule has 1 N–H and O–H groups in total. The van der Waals surface area contributed by atoms with Crippen LogP contribution in [-0.2, 0) is 20.7 Å². The van der Waals surface area contributed by atoms with Crippen LogP contribution in [0.25, 0.3) is 6.08 Å². The maximum Gasteiger partial charge on any atom is 0.161 e. The zero-order valence-corrected chi connectivity index (χ0v) is 32.8. The van der Waals surface area contributed by atoms with Crippen LogP contribution >= 0.6 is 0 Å². The number of carbonyl (C=O) groups excluding carboxylic acids is 2. The van der Waals surface area contributed by atoms with Crippen molar-refractivity contribution >= 4 is 17.6 Å². The van der Waals surface area contributed by atoms with Gasteiger partial charge in [0, 0.05) is 62.9 Å². The van der Waals surface area contributed by atoms with Gasteiger partial charge in [0.25, 0.3) is 0 Å². The number of likely N-dealkylation sites (tertiary alicyclic amines) is 2. The van der Waals surface area contributed by atoms with Crippen LogP contribution in [0.3, 0.4) is 0 Å². The van der Waals surface area contributed by atoms with Crippen LogP contribution in [0.4, 0.5) is 0 Å². The van der Waals surface area contributed by atoms with Gasteiger partial charge in [0.2, 0.25) is 0 Å². The first kappa shape index (κ1) is 38.5. The molecule has 0 amide bonds. The Hall–Kier alpha value is -6.40. The average Bonchev–Trinajstić information content (AvgIpc) is 3.82. The summed E-state index contributed by atoms with van der Waals surface area (Å²) in [6.45, 7) is 2.82. The summed E-state index contributed by atoms with van der Waals surface area (Å²) >= 11 is 0. The van der Waals surface area contributed by atoms with Gasteiger partial charge in [-0.05, 0) is 51.6 Å². The molecule has 0 radical (unpaired) electrons. The van der Waals surface area contributed by atoms with Crippen LogP contribution in [0.2, 0.25) is 0 Å². The monoisotopic (exact) mass is 759 g/mol. The van der Waals surface area contributed by atoms with Crippen LogP contribution in [-0.4, -0.2) is 52.5 Å². The molecular weight excluding hydrogens is 711 g/mol. The first-order valence-electron chi connectivity index (χ1n) is 20.3. The van der Waals surface area contributed by atoms with E-state index in [1.54, 1.807) is 0 Å². The van der Waals surface area contributed by atoms with Crippen molar-refractivity contribution in [2.75, 3.05) is 26.2 Å². The number of nitrogens with one attached hydrogen (secondary N) is 1. The zero-order valence-electron chi connectivity index (χ0n) is 32.8. The Kier molecular flexibility index (Phi) is 11.8. The molecule has 5 heteroatoms. The molecule has 9 rings (SSSR count). The molecule has 0 bridgehead atoms. The fourth-order valence-electron chi connectivity index (χ4n) is 9.07. The maximum absolute atomic E-state index is 12.9. The smallest absolute Gasteiger partial charge is 0.161 e. The molecule has 2 saturated heterocycles. The molecule has 5 nitrogen and oxygen atoms in total. The summed E-state index contributed by atoms with van der Waals surface area (Å²) in [4.78, 5) is 33.0. The molecule has 1 aromatic heterocycles. The summed E-state index contributed by atoms with van der Waals surface area (Å²) < 4.78 is 0. The van der Waals surface area contributed by atoms with Gasteiger partial charge in [-0.2, -0.15) is 0 Å². The first-order valence-corrected chi connectivity index (χ1v) is 20.3. The summed E-state index contributed by atoms with van der Waals surface area (Å²) in [7, 11) is 0. The molecule has 6 aromatic carbocycles. The second-order valence-electron chi connectivity index (χ2n) is 15.0. The lowest BCUT2D eigenvalue weighted by atomic mass is 9.74. The molecule has 58 heavy (non-hydrogen) atoms. The predicted molar refractivity (Wildman–Crippen MR) is 234 cm³/mol. The van der Waals surface area contributed by atoms with E-state index < -0.39 is 5.54 Å². The van der Waals surface area contributed by atoms with Gasteiger partial charge >= 0.3 is 0 Å². The number of nitrogens with zero attached hydrogens (tertiary/aromatic N) is 2. The van der Waals surface area contributed by atoms with Crippen molar-refractivity contribution < 1.29 is 9.59 Å². The third-order valence-electron chi connectivity index (χ3n) is 11.7. The third-order valence-corrected chi connectivity index (χ3v) is 11.7. The number of aromatic nitrogens is 1. The molecule has 0 saturated carbocycles. The van der Waals surface area contributed by atoms with Crippen molar-refractivity contribution in [3.8, 4) is 0 Å². The van der Waals surface area contributed by atoms with E-state index in [1.807, 2.05) is 24.4 Å². The maximum atomic E-state index is 12.9. The number of hydrogen-bond donors (Lipinski definition) is 1. The highest BCUT2D eigenvalue weighted by Gasteiger charge is 2.45. The number of ketones is 2. The van der Waals surface area contributed by atoms with Gasteiger partial charge < -0.3 is 4.98 Å². The van der Waals surface area contributed by atoms with Gasteiger partial charge in [-0.15, -0.1) is 0 Å². The standard InChI is InChI=1S/C29H26N2O.C24H23NO/c32-28-18-20-31(22-23(28)21-27-17-10-19-30-27)29(24-11-4-1-5-12-24,25-13-6-2-7-14-25)26-15-8-3-9-16-26;26-23-16-18-25(19-17-23)24(20-10-4-1-5-11-20,21-12-6-2-7-13-21)22-14-8-3-9-15-22/h1-17,19,21,30H,18,20,22H2;1-15H,16-19H2/b23-21+;. The summed E-state index contributed by atoms with van der Waals surface area (Å²) in [6, 6.07) is 67.9. The highest BCUT2D eigenvalue weighted by atomic mass is 16.1. The quantitative estimate of drug-likeness (QED) is 0.118. The minimum atomic E-state index is -0.501. The highest BCUT2D eigenvalue weighted by molar-refractivity contribution is 6.00. The van der Waals surface area contributed by atoms with Gasteiger partial charge in [0.05, 0.1) is 11.1 Å². The van der Waals surface area contributed by atoms with E-state index in [1.165, 1.54) is 33.4 Å². The predicted octanol–water partition coefficient (Wildman–Crippen LogP) is 10.3. The van der Waals surface area contributed by atoms with Gasteiger partial charge in [0.1, 0.15) is 5.78 Å². The number of H-pyrrole nitrogens is 1. The molecule has 0 unspecified atom stereocenters. The zero-order chi connectivity index (χ0) is 39.6. The molecule has 0 spiro atoms. The molecule has 2 fully saturated rings. The SMILES string of the molecule is O=C1CCN(C(c2ccccc2)(c2ccccc2)c2ccccc2)C/C1=C\c1ccc[nH]1.O=C1CCN(C(c2ccccc2)(c2ccccc2)c2ccccc2)CC1. The number of rotatable bonds is 9. The lowest BCUT2D eigenvalue weighted by Crippen LogP contribution is -2.52. The molecule has 2 aliphatic heterocycles. The summed E-state index contributed by atoms with van der Waals surface area (Å²) in [6.07, 6.45) is 5.63. The van der Waals surface area contributed by atoms with Crippen molar-refractivity contribution in [3.63, 3.8) is 0 Å². The number of piperidine rings is 2. The van der Waals surface area contributed by atoms with E-state index >= 15 is 0 Å². The second kappa shape index (κ2) is 17.8. The van der Waals surface area contributed by atoms with E-state index in [-0.39, 0.29) is 11.3 Å². The minimum absolute atomic E-state index is 0.221. The fraction of sp³-hybridized carbons (Fsp3) is 0.170. The van der Waals surface area contributed by atoms with Crippen molar-refractivity contribution in [1.29, 1.82) is 0 Å². The van der Waals surface area contributed by atoms with Crippen molar-refractivity contribution in [2.45, 2.75) is 30.3 Å². The van der Waals surface area contributed by atoms with Crippen molar-refractivity contribution in [2.24, 2.45) is 0 Å². The van der Waals surface area contributed by atoms with E-state index in [9.17, 15) is 9.59 Å². The van der Waals surface area contributed by atoms with Crippen LogP contribution in [0.15, 0.2) is 206 Å². The first-order chi connectivity index (χ1) is 28.6. The normalized spacial score (nSPS) is 16.1. The number of aromatic amines is 1. The van der Waals surface area contributed by atoms with Crippen molar-refractivity contribution in [3.05, 3.63) is 245 Å². The van der Waals surface area contributed by atoms with Crippen LogP contribution in [0.1, 0.15) is 58.3 Å². The van der Waals surface area contributed by atoms with Gasteiger partial charge in [0.15, 0.2) is 5.78 Å². The van der Waals surface area contributed by atoms with E-state index in [0.29, 0.717) is 38.1 Å².